The van der Waals surface area contributed by atoms with Gasteiger partial charge in [-0.3, -0.25) is 9.59 Å². The van der Waals surface area contributed by atoms with Crippen LogP contribution in [0.1, 0.15) is 72.6 Å². The highest BCUT2D eigenvalue weighted by atomic mass is 16.6. The molecule has 1 saturated heterocycles. The van der Waals surface area contributed by atoms with Crippen LogP contribution in [0.25, 0.3) is 0 Å². The average Bonchev–Trinajstić information content (AvgIpc) is 2.66. The highest BCUT2D eigenvalue weighted by molar-refractivity contribution is 5.72. The molecule has 1 aliphatic heterocycles. The van der Waals surface area contributed by atoms with Crippen LogP contribution in [0, 0.1) is 23.2 Å². The second-order valence-corrected chi connectivity index (χ2v) is 9.36. The average molecular weight is 405 g/mol. The number of hydrogen-bond donors (Lipinski definition) is 1. The lowest BCUT2D eigenvalue weighted by molar-refractivity contribution is -0.165. The van der Waals surface area contributed by atoms with Crippen molar-refractivity contribution < 1.29 is 24.2 Å². The number of aliphatic hydroxyl groups is 1. The van der Waals surface area contributed by atoms with Crippen molar-refractivity contribution in [3.8, 4) is 0 Å². The van der Waals surface area contributed by atoms with Crippen LogP contribution in [-0.4, -0.2) is 35.4 Å². The molecule has 2 aliphatic carbocycles. The summed E-state index contributed by atoms with van der Waals surface area (Å²) in [4.78, 5) is 24.3. The minimum absolute atomic E-state index is 0.0916. The zero-order valence-corrected chi connectivity index (χ0v) is 18.2. The van der Waals surface area contributed by atoms with Crippen molar-refractivity contribution >= 4 is 11.9 Å². The molecule has 0 bridgehead atoms. The van der Waals surface area contributed by atoms with E-state index in [4.69, 9.17) is 9.47 Å². The van der Waals surface area contributed by atoms with E-state index in [-0.39, 0.29) is 47.8 Å². The Hall–Kier alpha value is -1.62. The molecule has 0 unspecified atom stereocenters. The highest BCUT2D eigenvalue weighted by Crippen LogP contribution is 2.53. The fourth-order valence-electron chi connectivity index (χ4n) is 5.30. The zero-order valence-electron chi connectivity index (χ0n) is 18.2. The predicted molar refractivity (Wildman–Crippen MR) is 111 cm³/mol. The van der Waals surface area contributed by atoms with Gasteiger partial charge in [0.1, 0.15) is 12.2 Å². The van der Waals surface area contributed by atoms with Gasteiger partial charge in [-0.05, 0) is 49.5 Å². The van der Waals surface area contributed by atoms with E-state index in [0.717, 1.165) is 32.1 Å². The molecule has 0 saturated carbocycles. The summed E-state index contributed by atoms with van der Waals surface area (Å²) in [5.74, 6) is 0.113. The first kappa shape index (κ1) is 22.1. The maximum Gasteiger partial charge on any atom is 0.308 e. The molecule has 162 valence electrons. The molecule has 0 aromatic rings. The molecular weight excluding hydrogens is 368 g/mol. The van der Waals surface area contributed by atoms with Crippen LogP contribution in [0.15, 0.2) is 23.8 Å². The van der Waals surface area contributed by atoms with Gasteiger partial charge in [0.25, 0.3) is 0 Å². The number of hydrogen-bond acceptors (Lipinski definition) is 5. The Bertz CT molecular complexity index is 681. The molecule has 3 aliphatic rings. The van der Waals surface area contributed by atoms with Crippen LogP contribution >= 0.6 is 0 Å². The second-order valence-electron chi connectivity index (χ2n) is 9.36. The van der Waals surface area contributed by atoms with Gasteiger partial charge in [0.2, 0.25) is 0 Å². The first-order valence-corrected chi connectivity index (χ1v) is 11.2. The van der Waals surface area contributed by atoms with Crippen LogP contribution < -0.4 is 0 Å². The molecule has 3 rings (SSSR count). The number of cyclic esters (lactones) is 1. The minimum atomic E-state index is -0.602. The van der Waals surface area contributed by atoms with Gasteiger partial charge in [-0.25, -0.2) is 0 Å². The Labute approximate surface area is 174 Å². The van der Waals surface area contributed by atoms with E-state index in [9.17, 15) is 14.7 Å². The van der Waals surface area contributed by atoms with E-state index in [1.165, 1.54) is 5.57 Å². The smallest absolute Gasteiger partial charge is 0.308 e. The first-order chi connectivity index (χ1) is 13.8. The van der Waals surface area contributed by atoms with Crippen LogP contribution in [0.2, 0.25) is 0 Å². The quantitative estimate of drug-likeness (QED) is 0.667. The number of carbonyl (C=O) groups is 2. The summed E-state index contributed by atoms with van der Waals surface area (Å²) in [6.45, 7) is 8.38. The first-order valence-electron chi connectivity index (χ1n) is 11.2. The molecule has 29 heavy (non-hydrogen) atoms. The van der Waals surface area contributed by atoms with Crippen molar-refractivity contribution in [3.05, 3.63) is 23.8 Å². The Balaban J connectivity index is 1.78. The molecule has 1 N–H and O–H groups in total. The van der Waals surface area contributed by atoms with Crippen molar-refractivity contribution in [2.75, 3.05) is 0 Å². The normalized spacial score (nSPS) is 37.9. The Morgan fingerprint density at radius 1 is 1.41 bits per heavy atom. The Morgan fingerprint density at radius 2 is 2.17 bits per heavy atom. The third-order valence-electron chi connectivity index (χ3n) is 7.38. The lowest BCUT2D eigenvalue weighted by Crippen LogP contribution is -2.49. The topological polar surface area (TPSA) is 72.8 Å². The molecule has 0 spiro atoms. The maximum atomic E-state index is 12.6. The fraction of sp³-hybridized carbons (Fsp3) is 0.750. The van der Waals surface area contributed by atoms with E-state index in [1.807, 2.05) is 13.8 Å². The molecule has 0 aromatic heterocycles. The standard InChI is InChI=1S/C24H36O5/c1-5-15(2)23(27)29-21-8-6-7-17-10-9-16(3)20(24(17,21)4)12-11-19-13-18(25)14-22(26)28-19/h7,9-10,15-16,18-21,25H,5-6,8,11-14H2,1-4H3/t15-,16-,18+,19+,20-,21-,24-/m0/s1. The van der Waals surface area contributed by atoms with Crippen LogP contribution in [-0.2, 0) is 19.1 Å². The van der Waals surface area contributed by atoms with Gasteiger partial charge in [0.05, 0.1) is 18.4 Å². The summed E-state index contributed by atoms with van der Waals surface area (Å²) in [7, 11) is 0. The van der Waals surface area contributed by atoms with E-state index in [2.05, 4.69) is 32.1 Å². The van der Waals surface area contributed by atoms with Crippen LogP contribution in [0.3, 0.4) is 0 Å². The highest BCUT2D eigenvalue weighted by Gasteiger charge is 2.50. The molecule has 0 aromatic carbocycles. The number of ether oxygens (including phenoxy) is 2. The summed E-state index contributed by atoms with van der Waals surface area (Å²) in [5.41, 5.74) is 1.02. The Morgan fingerprint density at radius 3 is 2.86 bits per heavy atom. The SMILES string of the molecule is CC[C@H](C)C(=O)O[C@H]1CCC=C2C=C[C@H](C)[C@H](CC[C@@H]3C[C@@H](O)CC(=O)O3)[C@]21C. The number of aliphatic hydroxyl groups excluding tert-OH is 1. The fourth-order valence-corrected chi connectivity index (χ4v) is 5.30. The summed E-state index contributed by atoms with van der Waals surface area (Å²) < 4.78 is 11.6. The van der Waals surface area contributed by atoms with Crippen LogP contribution in [0.4, 0.5) is 0 Å². The van der Waals surface area contributed by atoms with E-state index in [1.54, 1.807) is 0 Å². The van der Waals surface area contributed by atoms with Crippen molar-refractivity contribution in [2.45, 2.75) is 91.0 Å². The third-order valence-corrected chi connectivity index (χ3v) is 7.38. The van der Waals surface area contributed by atoms with E-state index in [0.29, 0.717) is 12.3 Å². The molecule has 5 nitrogen and oxygen atoms in total. The summed E-state index contributed by atoms with van der Waals surface area (Å²) in [6.07, 6.45) is 10.5. The van der Waals surface area contributed by atoms with Crippen molar-refractivity contribution in [1.82, 2.24) is 0 Å². The minimum Gasteiger partial charge on any atom is -0.462 e. The number of fused-ring (bicyclic) bond motifs is 1. The maximum absolute atomic E-state index is 12.6. The molecule has 1 heterocycles. The Kier molecular flexibility index (Phi) is 6.87. The van der Waals surface area contributed by atoms with Gasteiger partial charge in [-0.2, -0.15) is 0 Å². The summed E-state index contributed by atoms with van der Waals surface area (Å²) in [5, 5.41) is 9.91. The molecule has 1 fully saturated rings. The van der Waals surface area contributed by atoms with Gasteiger partial charge in [-0.1, -0.05) is 45.9 Å². The van der Waals surface area contributed by atoms with Crippen LogP contribution in [0.5, 0.6) is 0 Å². The molecular formula is C24H36O5. The van der Waals surface area contributed by atoms with Gasteiger partial charge in [-0.15, -0.1) is 0 Å². The predicted octanol–water partition coefficient (Wildman–Crippen LogP) is 4.34. The van der Waals surface area contributed by atoms with Crippen molar-refractivity contribution in [1.29, 1.82) is 0 Å². The number of allylic oxidation sites excluding steroid dienone is 3. The van der Waals surface area contributed by atoms with E-state index >= 15 is 0 Å². The number of carbonyl (C=O) groups excluding carboxylic acids is 2. The third kappa shape index (κ3) is 4.60. The monoisotopic (exact) mass is 404 g/mol. The zero-order chi connectivity index (χ0) is 21.2. The largest absolute Gasteiger partial charge is 0.462 e. The second kappa shape index (κ2) is 9.03. The lowest BCUT2D eigenvalue weighted by atomic mass is 9.56. The number of rotatable bonds is 6. The van der Waals surface area contributed by atoms with Crippen molar-refractivity contribution in [3.63, 3.8) is 0 Å². The molecule has 0 radical (unpaired) electrons. The van der Waals surface area contributed by atoms with Gasteiger partial charge in [0, 0.05) is 11.8 Å². The summed E-state index contributed by atoms with van der Waals surface area (Å²) in [6, 6.07) is 0. The lowest BCUT2D eigenvalue weighted by Gasteiger charge is -2.50. The molecule has 0 amide bonds. The van der Waals surface area contributed by atoms with Crippen molar-refractivity contribution in [2.24, 2.45) is 23.2 Å². The van der Waals surface area contributed by atoms with Gasteiger partial charge in [0.15, 0.2) is 0 Å². The summed E-state index contributed by atoms with van der Waals surface area (Å²) >= 11 is 0. The number of esters is 2. The van der Waals surface area contributed by atoms with Gasteiger partial charge >= 0.3 is 11.9 Å². The molecule has 7 atom stereocenters. The molecule has 5 heteroatoms. The van der Waals surface area contributed by atoms with E-state index < -0.39 is 6.10 Å². The van der Waals surface area contributed by atoms with Gasteiger partial charge < -0.3 is 14.6 Å².